The third-order valence-corrected chi connectivity index (χ3v) is 3.51. The number of nitrogens with one attached hydrogen (secondary N) is 1. The van der Waals surface area contributed by atoms with Crippen molar-refractivity contribution in [2.24, 2.45) is 10.8 Å². The predicted octanol–water partition coefficient (Wildman–Crippen LogP) is 2.38. The number of carbonyl (C=O) groups excluding carboxylic acids is 2. The molecule has 0 bridgehead atoms. The van der Waals surface area contributed by atoms with Gasteiger partial charge in [0.2, 0.25) is 5.91 Å². The molecule has 1 unspecified atom stereocenters. The Labute approximate surface area is 99.0 Å². The Kier molecular flexibility index (Phi) is 2.53. The molecule has 1 aliphatic rings. The summed E-state index contributed by atoms with van der Waals surface area (Å²) >= 11 is 0. The van der Waals surface area contributed by atoms with Gasteiger partial charge in [-0.25, -0.2) is 4.39 Å². The Morgan fingerprint density at radius 1 is 1.35 bits per heavy atom. The zero-order valence-electron chi connectivity index (χ0n) is 9.79. The van der Waals surface area contributed by atoms with Crippen LogP contribution in [0.3, 0.4) is 0 Å². The molecule has 0 saturated heterocycles. The first kappa shape index (κ1) is 11.8. The van der Waals surface area contributed by atoms with Crippen molar-refractivity contribution >= 4 is 17.9 Å². The van der Waals surface area contributed by atoms with E-state index in [1.165, 1.54) is 24.3 Å². The molecule has 1 aliphatic carbocycles. The molecule has 2 rings (SSSR count). The average Bonchev–Trinajstić information content (AvgIpc) is 2.86. The largest absolute Gasteiger partial charge is 0.325 e. The second-order valence-corrected chi connectivity index (χ2v) is 5.11. The van der Waals surface area contributed by atoms with Crippen LogP contribution >= 0.6 is 0 Å². The lowest BCUT2D eigenvalue weighted by Crippen LogP contribution is -2.29. The molecule has 3 nitrogen and oxygen atoms in total. The zero-order chi connectivity index (χ0) is 12.7. The van der Waals surface area contributed by atoms with Gasteiger partial charge in [0, 0.05) is 5.69 Å². The van der Waals surface area contributed by atoms with Gasteiger partial charge in [0.05, 0.1) is 0 Å². The highest BCUT2D eigenvalue weighted by Crippen LogP contribution is 2.62. The Balaban J connectivity index is 2.13. The van der Waals surface area contributed by atoms with Gasteiger partial charge in [-0.1, -0.05) is 13.8 Å². The van der Waals surface area contributed by atoms with E-state index in [2.05, 4.69) is 5.32 Å². The Bertz CT molecular complexity index is 467. The van der Waals surface area contributed by atoms with E-state index >= 15 is 0 Å². The normalized spacial score (nSPS) is 25.1. The fourth-order valence-electron chi connectivity index (χ4n) is 2.07. The number of hydrogen-bond acceptors (Lipinski definition) is 2. The zero-order valence-corrected chi connectivity index (χ0v) is 9.79. The van der Waals surface area contributed by atoms with Gasteiger partial charge in [-0.2, -0.15) is 0 Å². The average molecular weight is 235 g/mol. The first-order chi connectivity index (χ1) is 7.91. The summed E-state index contributed by atoms with van der Waals surface area (Å²) in [7, 11) is 0. The molecule has 0 radical (unpaired) electrons. The molecule has 4 heteroatoms. The van der Waals surface area contributed by atoms with Crippen LogP contribution in [0.1, 0.15) is 20.3 Å². The van der Waals surface area contributed by atoms with Gasteiger partial charge in [0.1, 0.15) is 17.5 Å². The second-order valence-electron chi connectivity index (χ2n) is 5.11. The van der Waals surface area contributed by atoms with Gasteiger partial charge in [-0.3, -0.25) is 4.79 Å². The second kappa shape index (κ2) is 3.65. The van der Waals surface area contributed by atoms with Crippen LogP contribution in [0.25, 0.3) is 0 Å². The van der Waals surface area contributed by atoms with E-state index in [4.69, 9.17) is 0 Å². The molecular formula is C13H14FNO2. The maximum Gasteiger partial charge on any atom is 0.238 e. The molecule has 1 amide bonds. The highest BCUT2D eigenvalue weighted by Gasteiger charge is 2.66. The van der Waals surface area contributed by atoms with Gasteiger partial charge >= 0.3 is 0 Å². The number of hydrogen-bond donors (Lipinski definition) is 1. The fraction of sp³-hybridized carbons (Fsp3) is 0.385. The summed E-state index contributed by atoms with van der Waals surface area (Å²) < 4.78 is 12.7. The van der Waals surface area contributed by atoms with Crippen LogP contribution in [0.15, 0.2) is 24.3 Å². The number of halogens is 1. The quantitative estimate of drug-likeness (QED) is 0.645. The van der Waals surface area contributed by atoms with Gasteiger partial charge in [-0.15, -0.1) is 0 Å². The predicted molar refractivity (Wildman–Crippen MR) is 61.9 cm³/mol. The van der Waals surface area contributed by atoms with Crippen molar-refractivity contribution in [3.8, 4) is 0 Å². The summed E-state index contributed by atoms with van der Waals surface area (Å²) in [4.78, 5) is 23.1. The van der Waals surface area contributed by atoms with Crippen molar-refractivity contribution in [3.05, 3.63) is 30.1 Å². The number of benzene rings is 1. The maximum atomic E-state index is 12.7. The minimum Gasteiger partial charge on any atom is -0.325 e. The monoisotopic (exact) mass is 235 g/mol. The van der Waals surface area contributed by atoms with Crippen LogP contribution in [-0.2, 0) is 9.59 Å². The standard InChI is InChI=1S/C13H14FNO2/c1-12(2)7-13(12,8-16)11(17)15-10-5-3-9(14)4-6-10/h3-6,8H,7H2,1-2H3,(H,15,17). The van der Waals surface area contributed by atoms with Crippen molar-refractivity contribution in [1.82, 2.24) is 0 Å². The van der Waals surface area contributed by atoms with Gasteiger partial charge in [0.15, 0.2) is 0 Å². The summed E-state index contributed by atoms with van der Waals surface area (Å²) in [5.74, 6) is -0.677. The molecule has 0 aromatic heterocycles. The van der Waals surface area contributed by atoms with Gasteiger partial charge < -0.3 is 10.1 Å². The maximum absolute atomic E-state index is 12.7. The first-order valence-electron chi connectivity index (χ1n) is 5.45. The van der Waals surface area contributed by atoms with Gasteiger partial charge in [0.25, 0.3) is 0 Å². The Morgan fingerprint density at radius 2 is 1.88 bits per heavy atom. The summed E-state index contributed by atoms with van der Waals surface area (Å²) in [5.41, 5.74) is -0.722. The molecule has 1 saturated carbocycles. The first-order valence-corrected chi connectivity index (χ1v) is 5.45. The number of anilines is 1. The summed E-state index contributed by atoms with van der Waals surface area (Å²) in [5, 5.41) is 2.64. The van der Waals surface area contributed by atoms with Crippen LogP contribution in [0.4, 0.5) is 10.1 Å². The van der Waals surface area contributed by atoms with Crippen LogP contribution < -0.4 is 5.32 Å². The van der Waals surface area contributed by atoms with E-state index < -0.39 is 5.41 Å². The lowest BCUT2D eigenvalue weighted by Gasteiger charge is -2.13. The summed E-state index contributed by atoms with van der Waals surface area (Å²) in [6.45, 7) is 3.76. The topological polar surface area (TPSA) is 46.2 Å². The smallest absolute Gasteiger partial charge is 0.238 e. The molecule has 90 valence electrons. The number of aldehydes is 1. The van der Waals surface area contributed by atoms with Crippen LogP contribution in [0, 0.1) is 16.6 Å². The molecule has 0 aliphatic heterocycles. The van der Waals surface area contributed by atoms with Gasteiger partial charge in [-0.05, 0) is 36.1 Å². The Hall–Kier alpha value is -1.71. The number of carbonyl (C=O) groups is 2. The third-order valence-electron chi connectivity index (χ3n) is 3.51. The third kappa shape index (κ3) is 1.84. The molecule has 1 atom stereocenters. The molecule has 17 heavy (non-hydrogen) atoms. The lowest BCUT2D eigenvalue weighted by atomic mass is 9.96. The van der Waals surface area contributed by atoms with E-state index in [0.29, 0.717) is 18.4 Å². The Morgan fingerprint density at radius 3 is 2.29 bits per heavy atom. The SMILES string of the molecule is CC1(C)CC1(C=O)C(=O)Nc1ccc(F)cc1. The fourth-order valence-corrected chi connectivity index (χ4v) is 2.07. The van der Waals surface area contributed by atoms with Crippen LogP contribution in [-0.4, -0.2) is 12.2 Å². The molecule has 1 fully saturated rings. The molecule has 1 N–H and O–H groups in total. The van der Waals surface area contributed by atoms with Crippen LogP contribution in [0.2, 0.25) is 0 Å². The molecule has 0 heterocycles. The summed E-state index contributed by atoms with van der Waals surface area (Å²) in [6, 6.07) is 5.48. The van der Waals surface area contributed by atoms with E-state index in [-0.39, 0.29) is 17.1 Å². The van der Waals surface area contributed by atoms with Crippen molar-refractivity contribution in [2.45, 2.75) is 20.3 Å². The highest BCUT2D eigenvalue weighted by atomic mass is 19.1. The highest BCUT2D eigenvalue weighted by molar-refractivity contribution is 6.08. The minimum atomic E-state index is -0.929. The lowest BCUT2D eigenvalue weighted by molar-refractivity contribution is -0.128. The molecule has 1 aromatic carbocycles. The van der Waals surface area contributed by atoms with Crippen molar-refractivity contribution in [3.63, 3.8) is 0 Å². The number of amides is 1. The van der Waals surface area contributed by atoms with Crippen LogP contribution in [0.5, 0.6) is 0 Å². The van der Waals surface area contributed by atoms with Crippen molar-refractivity contribution in [2.75, 3.05) is 5.32 Å². The number of rotatable bonds is 3. The minimum absolute atomic E-state index is 0.293. The summed E-state index contributed by atoms with van der Waals surface area (Å²) in [6.07, 6.45) is 1.27. The van der Waals surface area contributed by atoms with E-state index in [0.717, 1.165) is 0 Å². The van der Waals surface area contributed by atoms with E-state index in [1.54, 1.807) is 0 Å². The molecule has 0 spiro atoms. The van der Waals surface area contributed by atoms with E-state index in [9.17, 15) is 14.0 Å². The van der Waals surface area contributed by atoms with Crippen molar-refractivity contribution in [1.29, 1.82) is 0 Å². The van der Waals surface area contributed by atoms with E-state index in [1.807, 2.05) is 13.8 Å². The van der Waals surface area contributed by atoms with Crippen molar-refractivity contribution < 1.29 is 14.0 Å². The molecule has 1 aromatic rings. The molecular weight excluding hydrogens is 221 g/mol.